The molecule has 0 aliphatic carbocycles. The Morgan fingerprint density at radius 2 is 1.72 bits per heavy atom. The van der Waals surface area contributed by atoms with Gasteiger partial charge < -0.3 is 0 Å². The van der Waals surface area contributed by atoms with Crippen molar-refractivity contribution >= 4 is 10.0 Å². The van der Waals surface area contributed by atoms with E-state index in [1.165, 1.54) is 24.5 Å². The molecule has 18 heavy (non-hydrogen) atoms. The first kappa shape index (κ1) is 12.8. The molecule has 0 bridgehead atoms. The Morgan fingerprint density at radius 3 is 2.33 bits per heavy atom. The summed E-state index contributed by atoms with van der Waals surface area (Å²) in [6.45, 7) is 0. The fourth-order valence-electron chi connectivity index (χ4n) is 1.68. The lowest BCUT2D eigenvalue weighted by atomic mass is 10.1. The molecule has 0 aliphatic rings. The highest BCUT2D eigenvalue weighted by Gasteiger charge is 2.21. The smallest absolute Gasteiger partial charge is 0.207 e. The van der Waals surface area contributed by atoms with Gasteiger partial charge in [-0.15, -0.1) is 0 Å². The molecule has 0 atom stereocenters. The summed E-state index contributed by atoms with van der Waals surface area (Å²) in [5, 5.41) is 0. The molecule has 1 radical (unpaired) electrons. The van der Waals surface area contributed by atoms with Crippen molar-refractivity contribution in [2.45, 2.75) is 4.90 Å². The summed E-state index contributed by atoms with van der Waals surface area (Å²) in [5.41, 5.74) is 1.58. The predicted octanol–water partition coefficient (Wildman–Crippen LogP) is 2.40. The number of hydrogen-bond donors (Lipinski definition) is 0. The maximum Gasteiger partial charge on any atom is 0.243 e. The van der Waals surface area contributed by atoms with Crippen molar-refractivity contribution in [3.05, 3.63) is 54.6 Å². The quantitative estimate of drug-likeness (QED) is 0.850. The van der Waals surface area contributed by atoms with E-state index >= 15 is 0 Å². The van der Waals surface area contributed by atoms with Gasteiger partial charge in [0.05, 0.1) is 4.90 Å². The van der Waals surface area contributed by atoms with Crippen molar-refractivity contribution < 1.29 is 8.42 Å². The van der Waals surface area contributed by atoms with Gasteiger partial charge in [-0.05, 0) is 17.7 Å². The summed E-state index contributed by atoms with van der Waals surface area (Å²) >= 11 is 0. The van der Waals surface area contributed by atoms with Gasteiger partial charge >= 0.3 is 0 Å². The molecular weight excluding hydrogens is 246 g/mol. The molecular formula is C14H14NO2S. The van der Waals surface area contributed by atoms with Gasteiger partial charge in [0.2, 0.25) is 10.0 Å². The Balaban J connectivity index is 2.65. The lowest BCUT2D eigenvalue weighted by Crippen LogP contribution is -2.22. The van der Waals surface area contributed by atoms with Crippen molar-refractivity contribution in [2.75, 3.05) is 14.1 Å². The van der Waals surface area contributed by atoms with E-state index in [4.69, 9.17) is 0 Å². The van der Waals surface area contributed by atoms with Gasteiger partial charge in [-0.2, -0.15) is 0 Å². The van der Waals surface area contributed by atoms with Crippen molar-refractivity contribution in [3.63, 3.8) is 0 Å². The molecule has 0 fully saturated rings. The largest absolute Gasteiger partial charge is 0.243 e. The molecule has 0 heterocycles. The third kappa shape index (κ3) is 2.30. The van der Waals surface area contributed by atoms with Crippen LogP contribution in [-0.4, -0.2) is 26.8 Å². The van der Waals surface area contributed by atoms with Crippen LogP contribution in [0.25, 0.3) is 11.1 Å². The van der Waals surface area contributed by atoms with E-state index < -0.39 is 10.0 Å². The second-order valence-corrected chi connectivity index (χ2v) is 6.20. The highest BCUT2D eigenvalue weighted by atomic mass is 32.2. The van der Waals surface area contributed by atoms with Crippen molar-refractivity contribution in [1.82, 2.24) is 4.31 Å². The zero-order valence-electron chi connectivity index (χ0n) is 10.3. The SMILES string of the molecule is CN(C)S(=O)(=O)c1c[c]ccc1-c1ccccc1. The highest BCUT2D eigenvalue weighted by molar-refractivity contribution is 7.89. The van der Waals surface area contributed by atoms with Gasteiger partial charge in [-0.1, -0.05) is 42.5 Å². The number of hydrogen-bond acceptors (Lipinski definition) is 2. The van der Waals surface area contributed by atoms with Gasteiger partial charge in [-0.25, -0.2) is 12.7 Å². The normalized spacial score (nSPS) is 11.7. The molecule has 0 N–H and O–H groups in total. The van der Waals surface area contributed by atoms with E-state index in [1.807, 2.05) is 30.3 Å². The minimum absolute atomic E-state index is 0.279. The summed E-state index contributed by atoms with van der Waals surface area (Å²) in [6, 6.07) is 17.3. The summed E-state index contributed by atoms with van der Waals surface area (Å²) < 4.78 is 25.7. The Bertz CT molecular complexity index is 634. The second kappa shape index (κ2) is 4.92. The number of nitrogens with zero attached hydrogens (tertiary/aromatic N) is 1. The third-order valence-corrected chi connectivity index (χ3v) is 4.52. The van der Waals surface area contributed by atoms with Crippen molar-refractivity contribution in [1.29, 1.82) is 0 Å². The Labute approximate surface area is 108 Å². The molecule has 93 valence electrons. The zero-order chi connectivity index (χ0) is 13.2. The van der Waals surface area contributed by atoms with Crippen LogP contribution in [0.2, 0.25) is 0 Å². The van der Waals surface area contributed by atoms with Crippen LogP contribution in [0.1, 0.15) is 0 Å². The van der Waals surface area contributed by atoms with Crippen molar-refractivity contribution in [2.24, 2.45) is 0 Å². The van der Waals surface area contributed by atoms with Gasteiger partial charge in [0.25, 0.3) is 0 Å². The third-order valence-electron chi connectivity index (χ3n) is 2.67. The molecule has 0 aromatic heterocycles. The molecule has 0 aliphatic heterocycles. The maximum absolute atomic E-state index is 12.2. The first-order chi connectivity index (χ1) is 8.53. The van der Waals surface area contributed by atoms with Crippen LogP contribution in [0.15, 0.2) is 53.4 Å². The molecule has 0 saturated carbocycles. The van der Waals surface area contributed by atoms with Gasteiger partial charge in [0.15, 0.2) is 0 Å². The van der Waals surface area contributed by atoms with Crippen LogP contribution < -0.4 is 0 Å². The lowest BCUT2D eigenvalue weighted by Gasteiger charge is -2.15. The number of rotatable bonds is 3. The molecule has 4 heteroatoms. The number of sulfonamides is 1. The Morgan fingerprint density at radius 1 is 1.06 bits per heavy atom. The van der Waals surface area contributed by atoms with Crippen LogP contribution in [0.4, 0.5) is 0 Å². The van der Waals surface area contributed by atoms with E-state index in [-0.39, 0.29) is 4.90 Å². The minimum atomic E-state index is -3.45. The average Bonchev–Trinajstić information content (AvgIpc) is 2.39. The van der Waals surface area contributed by atoms with E-state index in [2.05, 4.69) is 6.07 Å². The van der Waals surface area contributed by atoms with Gasteiger partial charge in [0, 0.05) is 19.7 Å². The summed E-state index contributed by atoms with van der Waals surface area (Å²) in [6.07, 6.45) is 0. The second-order valence-electron chi connectivity index (χ2n) is 4.08. The van der Waals surface area contributed by atoms with E-state index in [1.54, 1.807) is 12.1 Å². The van der Waals surface area contributed by atoms with Gasteiger partial charge in [0.1, 0.15) is 0 Å². The zero-order valence-corrected chi connectivity index (χ0v) is 11.1. The van der Waals surface area contributed by atoms with E-state index in [0.29, 0.717) is 5.56 Å². The maximum atomic E-state index is 12.2. The van der Waals surface area contributed by atoms with Crippen molar-refractivity contribution in [3.8, 4) is 11.1 Å². The fourth-order valence-corrected chi connectivity index (χ4v) is 2.76. The van der Waals surface area contributed by atoms with Gasteiger partial charge in [-0.3, -0.25) is 0 Å². The average molecular weight is 260 g/mol. The molecule has 0 unspecified atom stereocenters. The lowest BCUT2D eigenvalue weighted by molar-refractivity contribution is 0.521. The van der Waals surface area contributed by atoms with Crippen LogP contribution in [0.5, 0.6) is 0 Å². The molecule has 0 amide bonds. The van der Waals surface area contributed by atoms with Crippen LogP contribution in [-0.2, 0) is 10.0 Å². The Kier molecular flexibility index (Phi) is 3.50. The molecule has 0 saturated heterocycles. The molecule has 2 aromatic rings. The Hall–Kier alpha value is -1.65. The minimum Gasteiger partial charge on any atom is -0.207 e. The first-order valence-electron chi connectivity index (χ1n) is 5.51. The fraction of sp³-hybridized carbons (Fsp3) is 0.143. The molecule has 3 nitrogen and oxygen atoms in total. The summed E-state index contributed by atoms with van der Waals surface area (Å²) in [7, 11) is -0.404. The van der Waals surface area contributed by atoms with Crippen LogP contribution >= 0.6 is 0 Å². The molecule has 2 aromatic carbocycles. The van der Waals surface area contributed by atoms with Crippen LogP contribution in [0, 0.1) is 6.07 Å². The molecule has 2 rings (SSSR count). The summed E-state index contributed by atoms with van der Waals surface area (Å²) in [4.78, 5) is 0.279. The topological polar surface area (TPSA) is 37.4 Å². The first-order valence-corrected chi connectivity index (χ1v) is 6.95. The molecule has 0 spiro atoms. The highest BCUT2D eigenvalue weighted by Crippen LogP contribution is 2.28. The predicted molar refractivity (Wildman–Crippen MR) is 71.6 cm³/mol. The van der Waals surface area contributed by atoms with E-state index in [0.717, 1.165) is 5.56 Å². The number of benzene rings is 2. The summed E-state index contributed by atoms with van der Waals surface area (Å²) in [5.74, 6) is 0. The van der Waals surface area contributed by atoms with Crippen LogP contribution in [0.3, 0.4) is 0 Å². The standard InChI is InChI=1S/C14H14NO2S/c1-15(2)18(16,17)14-11-7-6-10-13(14)12-8-4-3-5-9-12/h3-6,8-11H,1-2H3. The van der Waals surface area contributed by atoms with E-state index in [9.17, 15) is 8.42 Å². The monoisotopic (exact) mass is 260 g/mol.